The van der Waals surface area contributed by atoms with Crippen LogP contribution >= 0.6 is 0 Å². The van der Waals surface area contributed by atoms with Gasteiger partial charge in [-0.05, 0) is 13.8 Å². The SMILES string of the molecule is Cc1nc(CC(C)N)nc2c1CS(=O)(=O)CC2. The van der Waals surface area contributed by atoms with Crippen molar-refractivity contribution >= 4 is 9.84 Å². The molecule has 1 aromatic heterocycles. The summed E-state index contributed by atoms with van der Waals surface area (Å²) in [6.07, 6.45) is 1.12. The van der Waals surface area contributed by atoms with E-state index in [1.807, 2.05) is 13.8 Å². The fraction of sp³-hybridized carbons (Fsp3) is 0.636. The Balaban J connectivity index is 2.40. The summed E-state index contributed by atoms with van der Waals surface area (Å²) in [5.41, 5.74) is 8.15. The van der Waals surface area contributed by atoms with Gasteiger partial charge in [0.2, 0.25) is 0 Å². The molecule has 2 N–H and O–H groups in total. The van der Waals surface area contributed by atoms with Gasteiger partial charge in [-0.25, -0.2) is 18.4 Å². The van der Waals surface area contributed by atoms with E-state index in [0.29, 0.717) is 12.8 Å². The number of aryl methyl sites for hydroxylation is 2. The molecule has 0 radical (unpaired) electrons. The quantitative estimate of drug-likeness (QED) is 0.812. The van der Waals surface area contributed by atoms with Gasteiger partial charge in [0.15, 0.2) is 9.84 Å². The average molecular weight is 255 g/mol. The minimum Gasteiger partial charge on any atom is -0.328 e. The molecule has 1 aliphatic rings. The normalized spacial score (nSPS) is 19.7. The van der Waals surface area contributed by atoms with Crippen molar-refractivity contribution in [2.75, 3.05) is 5.75 Å². The maximum Gasteiger partial charge on any atom is 0.154 e. The van der Waals surface area contributed by atoms with Crippen LogP contribution < -0.4 is 5.73 Å². The van der Waals surface area contributed by atoms with Gasteiger partial charge in [-0.15, -0.1) is 0 Å². The monoisotopic (exact) mass is 255 g/mol. The molecular weight excluding hydrogens is 238 g/mol. The Morgan fingerprint density at radius 1 is 1.41 bits per heavy atom. The zero-order valence-electron chi connectivity index (χ0n) is 10.1. The van der Waals surface area contributed by atoms with Crippen molar-refractivity contribution in [1.29, 1.82) is 0 Å². The van der Waals surface area contributed by atoms with Gasteiger partial charge in [-0.3, -0.25) is 0 Å². The first kappa shape index (κ1) is 12.4. The first-order chi connectivity index (χ1) is 7.87. The molecule has 0 saturated heterocycles. The number of aromatic nitrogens is 2. The van der Waals surface area contributed by atoms with Crippen LogP contribution in [0.4, 0.5) is 0 Å². The summed E-state index contributed by atoms with van der Waals surface area (Å²) in [4.78, 5) is 8.76. The van der Waals surface area contributed by atoms with Crippen LogP contribution in [0.5, 0.6) is 0 Å². The molecule has 1 atom stereocenters. The molecule has 1 aromatic rings. The van der Waals surface area contributed by atoms with E-state index >= 15 is 0 Å². The minimum atomic E-state index is -2.96. The maximum absolute atomic E-state index is 11.6. The van der Waals surface area contributed by atoms with Crippen LogP contribution in [0.25, 0.3) is 0 Å². The van der Waals surface area contributed by atoms with E-state index in [2.05, 4.69) is 9.97 Å². The van der Waals surface area contributed by atoms with Gasteiger partial charge < -0.3 is 5.73 Å². The maximum atomic E-state index is 11.6. The van der Waals surface area contributed by atoms with Crippen molar-refractivity contribution in [3.05, 3.63) is 22.8 Å². The Bertz CT molecular complexity index is 538. The van der Waals surface area contributed by atoms with Crippen molar-refractivity contribution in [2.45, 2.75) is 38.5 Å². The number of fused-ring (bicyclic) bond motifs is 1. The highest BCUT2D eigenvalue weighted by Crippen LogP contribution is 2.21. The third kappa shape index (κ3) is 2.81. The summed E-state index contributed by atoms with van der Waals surface area (Å²) in [5.74, 6) is 0.983. The minimum absolute atomic E-state index is 0.0137. The second-order valence-corrected chi connectivity index (χ2v) is 6.86. The third-order valence-electron chi connectivity index (χ3n) is 2.86. The number of nitrogens with zero attached hydrogens (tertiary/aromatic N) is 2. The number of rotatable bonds is 2. The molecule has 0 aromatic carbocycles. The molecule has 0 fully saturated rings. The lowest BCUT2D eigenvalue weighted by molar-refractivity contribution is 0.588. The van der Waals surface area contributed by atoms with Gasteiger partial charge in [-0.2, -0.15) is 0 Å². The molecule has 0 spiro atoms. The number of nitrogens with two attached hydrogens (primary N) is 1. The average Bonchev–Trinajstić information content (AvgIpc) is 2.18. The van der Waals surface area contributed by atoms with Crippen LogP contribution in [0.3, 0.4) is 0 Å². The zero-order valence-corrected chi connectivity index (χ0v) is 10.9. The summed E-state index contributed by atoms with van der Waals surface area (Å²) in [7, 11) is -2.96. The molecule has 0 bridgehead atoms. The van der Waals surface area contributed by atoms with Gasteiger partial charge in [0.05, 0.1) is 11.5 Å². The van der Waals surface area contributed by atoms with Gasteiger partial charge in [0, 0.05) is 35.8 Å². The predicted octanol–water partition coefficient (Wildman–Crippen LogP) is 0.146. The second-order valence-electron chi connectivity index (χ2n) is 4.67. The van der Waals surface area contributed by atoms with Crippen molar-refractivity contribution in [3.63, 3.8) is 0 Å². The van der Waals surface area contributed by atoms with Crippen LogP contribution in [-0.4, -0.2) is 30.2 Å². The van der Waals surface area contributed by atoms with Crippen LogP contribution in [-0.2, 0) is 28.4 Å². The fourth-order valence-corrected chi connectivity index (χ4v) is 3.50. The zero-order chi connectivity index (χ0) is 12.6. The Morgan fingerprint density at radius 3 is 2.76 bits per heavy atom. The summed E-state index contributed by atoms with van der Waals surface area (Å²) < 4.78 is 23.1. The molecule has 0 aliphatic carbocycles. The Labute approximate surface area is 101 Å². The first-order valence-electron chi connectivity index (χ1n) is 5.68. The van der Waals surface area contributed by atoms with Crippen molar-refractivity contribution in [2.24, 2.45) is 5.73 Å². The molecule has 0 saturated carbocycles. The summed E-state index contributed by atoms with van der Waals surface area (Å²) in [5, 5.41) is 0. The largest absolute Gasteiger partial charge is 0.328 e. The number of sulfone groups is 1. The van der Waals surface area contributed by atoms with E-state index in [1.165, 1.54) is 0 Å². The summed E-state index contributed by atoms with van der Waals surface area (Å²) >= 11 is 0. The lowest BCUT2D eigenvalue weighted by Crippen LogP contribution is -2.25. The molecule has 2 rings (SSSR count). The molecule has 2 heterocycles. The van der Waals surface area contributed by atoms with Gasteiger partial charge >= 0.3 is 0 Å². The van der Waals surface area contributed by atoms with E-state index in [4.69, 9.17) is 5.73 Å². The number of hydrogen-bond donors (Lipinski definition) is 1. The highest BCUT2D eigenvalue weighted by molar-refractivity contribution is 7.90. The molecule has 0 amide bonds. The molecule has 17 heavy (non-hydrogen) atoms. The highest BCUT2D eigenvalue weighted by Gasteiger charge is 2.25. The van der Waals surface area contributed by atoms with E-state index in [-0.39, 0.29) is 17.5 Å². The molecule has 94 valence electrons. The Morgan fingerprint density at radius 2 is 2.12 bits per heavy atom. The predicted molar refractivity (Wildman–Crippen MR) is 65.3 cm³/mol. The third-order valence-corrected chi connectivity index (χ3v) is 4.42. The van der Waals surface area contributed by atoms with Crippen molar-refractivity contribution < 1.29 is 8.42 Å². The van der Waals surface area contributed by atoms with Gasteiger partial charge in [0.25, 0.3) is 0 Å². The molecule has 1 aliphatic heterocycles. The second kappa shape index (κ2) is 4.34. The lowest BCUT2D eigenvalue weighted by Gasteiger charge is -2.18. The van der Waals surface area contributed by atoms with Crippen LogP contribution in [0.15, 0.2) is 0 Å². The van der Waals surface area contributed by atoms with E-state index in [0.717, 1.165) is 22.8 Å². The molecule has 5 nitrogen and oxygen atoms in total. The smallest absolute Gasteiger partial charge is 0.154 e. The molecular formula is C11H17N3O2S. The molecule has 1 unspecified atom stereocenters. The Kier molecular flexibility index (Phi) is 3.18. The summed E-state index contributed by atoms with van der Waals surface area (Å²) in [6, 6.07) is 0.0137. The lowest BCUT2D eigenvalue weighted by atomic mass is 10.1. The van der Waals surface area contributed by atoms with Gasteiger partial charge in [0.1, 0.15) is 5.82 Å². The van der Waals surface area contributed by atoms with E-state index in [9.17, 15) is 8.42 Å². The fourth-order valence-electron chi connectivity index (χ4n) is 2.04. The summed E-state index contributed by atoms with van der Waals surface area (Å²) in [6.45, 7) is 3.74. The van der Waals surface area contributed by atoms with Crippen LogP contribution in [0.1, 0.15) is 29.7 Å². The van der Waals surface area contributed by atoms with Crippen molar-refractivity contribution in [3.8, 4) is 0 Å². The topological polar surface area (TPSA) is 85.9 Å². The first-order valence-corrected chi connectivity index (χ1v) is 7.51. The van der Waals surface area contributed by atoms with Gasteiger partial charge in [-0.1, -0.05) is 0 Å². The number of hydrogen-bond acceptors (Lipinski definition) is 5. The van der Waals surface area contributed by atoms with Crippen LogP contribution in [0.2, 0.25) is 0 Å². The highest BCUT2D eigenvalue weighted by atomic mass is 32.2. The van der Waals surface area contributed by atoms with E-state index < -0.39 is 9.84 Å². The molecule has 6 heteroatoms. The standard InChI is InChI=1S/C11H17N3O2S/c1-7(12)5-11-13-8(2)9-6-17(15,16)4-3-10(9)14-11/h7H,3-6,12H2,1-2H3. The van der Waals surface area contributed by atoms with Crippen molar-refractivity contribution in [1.82, 2.24) is 9.97 Å². The van der Waals surface area contributed by atoms with E-state index in [1.54, 1.807) is 0 Å². The van der Waals surface area contributed by atoms with Crippen LogP contribution in [0, 0.1) is 6.92 Å². The Hall–Kier alpha value is -1.01.